The van der Waals surface area contributed by atoms with Gasteiger partial charge < -0.3 is 10.1 Å². The Morgan fingerprint density at radius 2 is 1.88 bits per heavy atom. The summed E-state index contributed by atoms with van der Waals surface area (Å²) in [7, 11) is 1.46. The predicted molar refractivity (Wildman–Crippen MR) is 94.0 cm³/mol. The van der Waals surface area contributed by atoms with Gasteiger partial charge in [0.15, 0.2) is 0 Å². The van der Waals surface area contributed by atoms with Crippen LogP contribution in [0.2, 0.25) is 0 Å². The molecule has 128 valence electrons. The normalized spacial score (nSPS) is 12.5. The third-order valence-corrected chi connectivity index (χ3v) is 4.16. The molecule has 0 heterocycles. The van der Waals surface area contributed by atoms with E-state index in [1.165, 1.54) is 30.9 Å². The molecule has 1 N–H and O–H groups in total. The average Bonchev–Trinajstić information content (AvgIpc) is 2.55. The van der Waals surface area contributed by atoms with Crippen LogP contribution in [0.25, 0.3) is 0 Å². The van der Waals surface area contributed by atoms with Crippen LogP contribution in [0.4, 0.5) is 4.39 Å². The van der Waals surface area contributed by atoms with Gasteiger partial charge in [-0.15, -0.1) is 0 Å². The van der Waals surface area contributed by atoms with Gasteiger partial charge in [0.2, 0.25) is 0 Å². The van der Waals surface area contributed by atoms with Gasteiger partial charge in [0.05, 0.1) is 12.7 Å². The van der Waals surface area contributed by atoms with E-state index in [1.54, 1.807) is 0 Å². The number of benzene rings is 2. The van der Waals surface area contributed by atoms with Crippen LogP contribution in [-0.4, -0.2) is 19.1 Å². The first-order chi connectivity index (χ1) is 11.3. The largest absolute Gasteiger partial charge is 0.496 e. The molecule has 0 aromatic heterocycles. The van der Waals surface area contributed by atoms with Gasteiger partial charge in [-0.3, -0.25) is 4.79 Å². The summed E-state index contributed by atoms with van der Waals surface area (Å²) in [5.41, 5.74) is 1.34. The molecule has 4 heteroatoms. The maximum atomic E-state index is 13.4. The van der Waals surface area contributed by atoms with Crippen molar-refractivity contribution >= 4 is 5.91 Å². The number of halogens is 1. The smallest absolute Gasteiger partial charge is 0.255 e. The van der Waals surface area contributed by atoms with Crippen molar-refractivity contribution in [2.24, 2.45) is 0 Å². The minimum Gasteiger partial charge on any atom is -0.496 e. The number of carbonyl (C=O) groups excluding carboxylic acids is 1. The first kappa shape index (κ1) is 18.0. The molecule has 1 unspecified atom stereocenters. The molecular weight excluding hydrogens is 305 g/mol. The lowest BCUT2D eigenvalue weighted by molar-refractivity contribution is 0.0931. The molecular formula is C20H24FNO2. The van der Waals surface area contributed by atoms with E-state index in [2.05, 4.69) is 31.3 Å². The van der Waals surface area contributed by atoms with Crippen molar-refractivity contribution in [3.63, 3.8) is 0 Å². The molecule has 1 atom stereocenters. The van der Waals surface area contributed by atoms with E-state index in [4.69, 9.17) is 4.74 Å². The lowest BCUT2D eigenvalue weighted by Crippen LogP contribution is -2.37. The van der Waals surface area contributed by atoms with Crippen molar-refractivity contribution in [1.29, 1.82) is 0 Å². The summed E-state index contributed by atoms with van der Waals surface area (Å²) in [6, 6.07) is 14.1. The highest BCUT2D eigenvalue weighted by atomic mass is 19.1. The molecule has 3 nitrogen and oxygen atoms in total. The second-order valence-corrected chi connectivity index (χ2v) is 6.67. The molecule has 1 amide bonds. The topological polar surface area (TPSA) is 38.3 Å². The van der Waals surface area contributed by atoms with Gasteiger partial charge in [0, 0.05) is 6.04 Å². The molecule has 0 saturated heterocycles. The van der Waals surface area contributed by atoms with Crippen LogP contribution in [0, 0.1) is 5.82 Å². The van der Waals surface area contributed by atoms with Crippen LogP contribution < -0.4 is 10.1 Å². The third-order valence-electron chi connectivity index (χ3n) is 4.16. The van der Waals surface area contributed by atoms with Gasteiger partial charge in [0.25, 0.3) is 5.91 Å². The Kier molecular flexibility index (Phi) is 5.60. The fraction of sp³-hybridized carbons (Fsp3) is 0.350. The molecule has 0 aliphatic carbocycles. The van der Waals surface area contributed by atoms with Crippen molar-refractivity contribution in [2.45, 2.75) is 38.6 Å². The molecule has 2 rings (SSSR count). The second-order valence-electron chi connectivity index (χ2n) is 6.67. The van der Waals surface area contributed by atoms with E-state index < -0.39 is 5.82 Å². The SMILES string of the molecule is COc1ccc(F)cc1C(=O)NC(C)CC(C)(C)c1ccccc1. The predicted octanol–water partition coefficient (Wildman–Crippen LogP) is 4.32. The second kappa shape index (κ2) is 7.47. The Hall–Kier alpha value is -2.36. The number of nitrogens with one attached hydrogen (secondary N) is 1. The van der Waals surface area contributed by atoms with Crippen LogP contribution >= 0.6 is 0 Å². The molecule has 24 heavy (non-hydrogen) atoms. The summed E-state index contributed by atoms with van der Waals surface area (Å²) >= 11 is 0. The standard InChI is InChI=1S/C20H24FNO2/c1-14(13-20(2,3)15-8-6-5-7-9-15)22-19(23)17-12-16(21)10-11-18(17)24-4/h5-12,14H,13H2,1-4H3,(H,22,23). The Morgan fingerprint density at radius 3 is 2.50 bits per heavy atom. The van der Waals surface area contributed by atoms with Crippen LogP contribution in [0.5, 0.6) is 5.75 Å². The number of amides is 1. The fourth-order valence-corrected chi connectivity index (χ4v) is 2.98. The highest BCUT2D eigenvalue weighted by Gasteiger charge is 2.25. The number of hydrogen-bond donors (Lipinski definition) is 1. The first-order valence-corrected chi connectivity index (χ1v) is 8.03. The van der Waals surface area contributed by atoms with Crippen LogP contribution in [0.3, 0.4) is 0 Å². The van der Waals surface area contributed by atoms with Crippen LogP contribution in [0.15, 0.2) is 48.5 Å². The van der Waals surface area contributed by atoms with E-state index in [1.807, 2.05) is 25.1 Å². The lowest BCUT2D eigenvalue weighted by Gasteiger charge is -2.29. The van der Waals surface area contributed by atoms with Crippen molar-refractivity contribution in [3.05, 3.63) is 65.5 Å². The van der Waals surface area contributed by atoms with Gasteiger partial charge >= 0.3 is 0 Å². The maximum Gasteiger partial charge on any atom is 0.255 e. The quantitative estimate of drug-likeness (QED) is 0.857. The van der Waals surface area contributed by atoms with E-state index in [9.17, 15) is 9.18 Å². The van der Waals surface area contributed by atoms with Gasteiger partial charge in [-0.25, -0.2) is 4.39 Å². The van der Waals surface area contributed by atoms with E-state index in [-0.39, 0.29) is 22.9 Å². The Labute approximate surface area is 142 Å². The van der Waals surface area contributed by atoms with E-state index in [0.717, 1.165) is 6.42 Å². The Balaban J connectivity index is 2.08. The van der Waals surface area contributed by atoms with Gasteiger partial charge in [-0.05, 0) is 42.5 Å². The third kappa shape index (κ3) is 4.34. The fourth-order valence-electron chi connectivity index (χ4n) is 2.98. The first-order valence-electron chi connectivity index (χ1n) is 8.03. The molecule has 0 aliphatic rings. The van der Waals surface area contributed by atoms with Gasteiger partial charge in [-0.2, -0.15) is 0 Å². The highest BCUT2D eigenvalue weighted by molar-refractivity contribution is 5.97. The summed E-state index contributed by atoms with van der Waals surface area (Å²) in [6.45, 7) is 6.25. The molecule has 0 aliphatic heterocycles. The minimum atomic E-state index is -0.460. The number of rotatable bonds is 6. The monoisotopic (exact) mass is 329 g/mol. The van der Waals surface area contributed by atoms with Crippen molar-refractivity contribution in [3.8, 4) is 5.75 Å². The van der Waals surface area contributed by atoms with Gasteiger partial charge in [-0.1, -0.05) is 44.2 Å². The maximum absolute atomic E-state index is 13.4. The molecule has 0 spiro atoms. The molecule has 0 saturated carbocycles. The number of hydrogen-bond acceptors (Lipinski definition) is 2. The zero-order valence-electron chi connectivity index (χ0n) is 14.6. The Bertz CT molecular complexity index is 698. The molecule has 2 aromatic rings. The number of methoxy groups -OCH3 is 1. The highest BCUT2D eigenvalue weighted by Crippen LogP contribution is 2.28. The van der Waals surface area contributed by atoms with E-state index >= 15 is 0 Å². The molecule has 2 aromatic carbocycles. The molecule has 0 radical (unpaired) electrons. The summed E-state index contributed by atoms with van der Waals surface area (Å²) in [6.07, 6.45) is 0.764. The minimum absolute atomic E-state index is 0.0688. The van der Waals surface area contributed by atoms with Gasteiger partial charge in [0.1, 0.15) is 11.6 Å². The summed E-state index contributed by atoms with van der Waals surface area (Å²) in [4.78, 5) is 12.5. The van der Waals surface area contributed by atoms with Crippen LogP contribution in [0.1, 0.15) is 43.1 Å². The van der Waals surface area contributed by atoms with E-state index in [0.29, 0.717) is 5.75 Å². The zero-order valence-corrected chi connectivity index (χ0v) is 14.6. The summed E-state index contributed by atoms with van der Waals surface area (Å²) in [5, 5.41) is 2.94. The summed E-state index contributed by atoms with van der Waals surface area (Å²) in [5.74, 6) is -0.427. The number of ether oxygens (including phenoxy) is 1. The lowest BCUT2D eigenvalue weighted by atomic mass is 9.79. The zero-order chi connectivity index (χ0) is 17.7. The number of carbonyl (C=O) groups is 1. The van der Waals surface area contributed by atoms with Crippen molar-refractivity contribution < 1.29 is 13.9 Å². The summed E-state index contributed by atoms with van der Waals surface area (Å²) < 4.78 is 18.6. The average molecular weight is 329 g/mol. The molecule has 0 bridgehead atoms. The Morgan fingerprint density at radius 1 is 1.21 bits per heavy atom. The van der Waals surface area contributed by atoms with Crippen molar-refractivity contribution in [2.75, 3.05) is 7.11 Å². The van der Waals surface area contributed by atoms with Crippen LogP contribution in [-0.2, 0) is 5.41 Å². The molecule has 0 fully saturated rings. The van der Waals surface area contributed by atoms with Crippen molar-refractivity contribution in [1.82, 2.24) is 5.32 Å².